The van der Waals surface area contributed by atoms with E-state index >= 15 is 0 Å². The van der Waals surface area contributed by atoms with Crippen LogP contribution in [0.4, 0.5) is 0 Å². The summed E-state index contributed by atoms with van der Waals surface area (Å²) in [5.74, 6) is 0. The topological polar surface area (TPSA) is 7.76 Å². The third-order valence-electron chi connectivity index (χ3n) is 3.83. The summed E-state index contributed by atoms with van der Waals surface area (Å²) in [6, 6.07) is 4.39. The highest BCUT2D eigenvalue weighted by molar-refractivity contribution is 8.93. The van der Waals surface area contributed by atoms with E-state index in [9.17, 15) is 0 Å². The third-order valence-corrected chi connectivity index (χ3v) is 3.83. The highest BCUT2D eigenvalue weighted by Gasteiger charge is 2.07. The summed E-state index contributed by atoms with van der Waals surface area (Å²) in [5, 5.41) is 0. The largest absolute Gasteiger partial charge is 0.205 e. The lowest BCUT2D eigenvalue weighted by Crippen LogP contribution is -2.39. The van der Waals surface area contributed by atoms with Gasteiger partial charge in [0.25, 0.3) is 0 Å². The molecule has 0 saturated heterocycles. The fraction of sp³-hybridized carbons (Fsp3) is 0.412. The van der Waals surface area contributed by atoms with Gasteiger partial charge >= 0.3 is 0 Å². The van der Waals surface area contributed by atoms with Crippen LogP contribution in [0, 0.1) is 27.7 Å². The monoisotopic (exact) mass is 416 g/mol. The van der Waals surface area contributed by atoms with E-state index in [4.69, 9.17) is 0 Å². The van der Waals surface area contributed by atoms with Gasteiger partial charge in [0.1, 0.15) is 0 Å². The summed E-state index contributed by atoms with van der Waals surface area (Å²) in [4.78, 5) is 0. The second-order valence-corrected chi connectivity index (χ2v) is 5.45. The quantitative estimate of drug-likeness (QED) is 0.669. The minimum atomic E-state index is 0. The number of pyridine rings is 2. The fourth-order valence-electron chi connectivity index (χ4n) is 2.18. The lowest BCUT2D eigenvalue weighted by molar-refractivity contribution is -0.727. The molecule has 0 unspecified atom stereocenters. The van der Waals surface area contributed by atoms with Gasteiger partial charge in [-0.25, -0.2) is 9.13 Å². The number of aryl methyl sites for hydroxylation is 6. The molecular weight excluding hydrogens is 392 g/mol. The molecule has 116 valence electrons. The molecule has 0 saturated carbocycles. The Balaban J connectivity index is 0.00000200. The minimum absolute atomic E-state index is 0. The van der Waals surface area contributed by atoms with Gasteiger partial charge in [-0.2, -0.15) is 0 Å². The molecule has 2 aromatic rings. The average Bonchev–Trinajstić information content (AvgIpc) is 2.38. The molecule has 0 aliphatic rings. The van der Waals surface area contributed by atoms with E-state index < -0.39 is 0 Å². The summed E-state index contributed by atoms with van der Waals surface area (Å²) < 4.78 is 4.56. The summed E-state index contributed by atoms with van der Waals surface area (Å²) in [7, 11) is 0. The number of hydrogen-bond acceptors (Lipinski definition) is 0. The van der Waals surface area contributed by atoms with E-state index in [1.807, 2.05) is 0 Å². The van der Waals surface area contributed by atoms with Gasteiger partial charge in [-0.1, -0.05) is 0 Å². The lowest BCUT2D eigenvalue weighted by Gasteiger charge is -2.01. The molecule has 0 spiro atoms. The first-order chi connectivity index (χ1) is 9.06. The van der Waals surface area contributed by atoms with Crippen LogP contribution in [0.15, 0.2) is 36.9 Å². The minimum Gasteiger partial charge on any atom is -0.205 e. The Labute approximate surface area is 149 Å². The molecule has 0 amide bonds. The zero-order valence-corrected chi connectivity index (χ0v) is 16.7. The molecule has 2 heterocycles. The molecule has 0 aliphatic heterocycles. The van der Waals surface area contributed by atoms with Gasteiger partial charge < -0.3 is 0 Å². The summed E-state index contributed by atoms with van der Waals surface area (Å²) in [6.07, 6.45) is 9.97. The second kappa shape index (κ2) is 9.31. The Bertz CT molecular complexity index is 531. The molecule has 2 aromatic heterocycles. The number of nitrogens with zero attached hydrogens (tertiary/aromatic N) is 2. The van der Waals surface area contributed by atoms with Crippen LogP contribution >= 0.6 is 34.0 Å². The van der Waals surface area contributed by atoms with Crippen LogP contribution in [0.5, 0.6) is 0 Å². The smallest absolute Gasteiger partial charge is 0.171 e. The Hall–Kier alpha value is -0.740. The number of halogens is 2. The maximum absolute atomic E-state index is 2.28. The zero-order valence-electron chi connectivity index (χ0n) is 13.3. The Morgan fingerprint density at radius 3 is 1.38 bits per heavy atom. The van der Waals surface area contributed by atoms with E-state index in [1.54, 1.807) is 0 Å². The van der Waals surface area contributed by atoms with E-state index in [2.05, 4.69) is 73.7 Å². The molecule has 0 radical (unpaired) electrons. The first-order valence-electron chi connectivity index (χ1n) is 6.99. The van der Waals surface area contributed by atoms with E-state index in [-0.39, 0.29) is 34.0 Å². The zero-order chi connectivity index (χ0) is 13.8. The predicted molar refractivity (Wildman–Crippen MR) is 97.5 cm³/mol. The molecular formula is C17H26Br2N2+2. The van der Waals surface area contributed by atoms with Crippen LogP contribution in [0.3, 0.4) is 0 Å². The van der Waals surface area contributed by atoms with E-state index in [0.717, 1.165) is 19.5 Å². The Morgan fingerprint density at radius 2 is 1.05 bits per heavy atom. The molecule has 0 aliphatic carbocycles. The van der Waals surface area contributed by atoms with Gasteiger partial charge in [-0.3, -0.25) is 0 Å². The molecule has 21 heavy (non-hydrogen) atoms. The van der Waals surface area contributed by atoms with Gasteiger partial charge in [0.15, 0.2) is 37.9 Å². The normalized spacial score (nSPS) is 9.71. The number of aromatic nitrogens is 2. The SMILES string of the molecule is Br.Br.Cc1cc[n+](CCC[n+]2ccc(C)c(C)c2)cc1C. The molecule has 0 bridgehead atoms. The van der Waals surface area contributed by atoms with Crippen molar-refractivity contribution in [3.63, 3.8) is 0 Å². The third kappa shape index (κ3) is 5.87. The highest BCUT2D eigenvalue weighted by atomic mass is 79.9. The summed E-state index contributed by atoms with van der Waals surface area (Å²) >= 11 is 0. The molecule has 0 fully saturated rings. The molecule has 0 atom stereocenters. The van der Waals surface area contributed by atoms with Crippen molar-refractivity contribution in [2.24, 2.45) is 0 Å². The first-order valence-corrected chi connectivity index (χ1v) is 6.99. The molecule has 4 heteroatoms. The molecule has 0 aromatic carbocycles. The number of hydrogen-bond donors (Lipinski definition) is 0. The fourth-order valence-corrected chi connectivity index (χ4v) is 2.18. The lowest BCUT2D eigenvalue weighted by atomic mass is 10.2. The van der Waals surface area contributed by atoms with E-state index in [0.29, 0.717) is 0 Å². The van der Waals surface area contributed by atoms with Crippen molar-refractivity contribution in [1.82, 2.24) is 0 Å². The van der Waals surface area contributed by atoms with Crippen molar-refractivity contribution in [2.45, 2.75) is 47.2 Å². The van der Waals surface area contributed by atoms with Crippen molar-refractivity contribution in [3.05, 3.63) is 59.2 Å². The van der Waals surface area contributed by atoms with Gasteiger partial charge in [0.2, 0.25) is 0 Å². The Kier molecular flexibility index (Phi) is 8.98. The van der Waals surface area contributed by atoms with Crippen LogP contribution in [0.1, 0.15) is 28.7 Å². The first kappa shape index (κ1) is 20.3. The maximum Gasteiger partial charge on any atom is 0.171 e. The highest BCUT2D eigenvalue weighted by Crippen LogP contribution is 2.02. The van der Waals surface area contributed by atoms with Gasteiger partial charge in [0, 0.05) is 23.3 Å². The molecule has 2 rings (SSSR count). The number of rotatable bonds is 4. The van der Waals surface area contributed by atoms with Crippen LogP contribution < -0.4 is 9.13 Å². The second-order valence-electron chi connectivity index (χ2n) is 5.45. The van der Waals surface area contributed by atoms with Crippen molar-refractivity contribution in [3.8, 4) is 0 Å². The van der Waals surface area contributed by atoms with Crippen LogP contribution in [-0.2, 0) is 13.1 Å². The molecule has 2 nitrogen and oxygen atoms in total. The van der Waals surface area contributed by atoms with Gasteiger partial charge in [-0.15, -0.1) is 34.0 Å². The van der Waals surface area contributed by atoms with E-state index in [1.165, 1.54) is 22.3 Å². The summed E-state index contributed by atoms with van der Waals surface area (Å²) in [6.45, 7) is 10.8. The van der Waals surface area contributed by atoms with Crippen LogP contribution in [0.25, 0.3) is 0 Å². The van der Waals surface area contributed by atoms with Crippen molar-refractivity contribution in [2.75, 3.05) is 0 Å². The van der Waals surface area contributed by atoms with Gasteiger partial charge in [0.05, 0.1) is 6.42 Å². The maximum atomic E-state index is 2.28. The van der Waals surface area contributed by atoms with Crippen LogP contribution in [0.2, 0.25) is 0 Å². The van der Waals surface area contributed by atoms with Gasteiger partial charge in [-0.05, 0) is 38.8 Å². The Morgan fingerprint density at radius 1 is 0.667 bits per heavy atom. The molecule has 0 N–H and O–H groups in total. The predicted octanol–water partition coefficient (Wildman–Crippen LogP) is 3.74. The van der Waals surface area contributed by atoms with Crippen molar-refractivity contribution in [1.29, 1.82) is 0 Å². The standard InChI is InChI=1S/C17H24N2.2BrH/c1-14-6-10-18(12-16(14)3)8-5-9-19-11-7-15(2)17(4)13-19;;/h6-7,10-13H,5,8-9H2,1-4H3;2*1H/q+2;;. The summed E-state index contributed by atoms with van der Waals surface area (Å²) in [5.41, 5.74) is 5.45. The van der Waals surface area contributed by atoms with Crippen LogP contribution in [-0.4, -0.2) is 0 Å². The van der Waals surface area contributed by atoms with Crippen molar-refractivity contribution >= 4 is 34.0 Å². The van der Waals surface area contributed by atoms with Crippen molar-refractivity contribution < 1.29 is 9.13 Å². The average molecular weight is 418 g/mol.